The second-order valence-electron chi connectivity index (χ2n) is 8.51. The van der Waals surface area contributed by atoms with E-state index in [1.807, 2.05) is 49.7 Å². The highest BCUT2D eigenvalue weighted by atomic mass is 15.3. The molecule has 0 amide bonds. The van der Waals surface area contributed by atoms with Crippen molar-refractivity contribution in [2.75, 3.05) is 37.4 Å². The van der Waals surface area contributed by atoms with Crippen LogP contribution < -0.4 is 21.3 Å². The topological polar surface area (TPSA) is 82.3 Å². The Balaban J connectivity index is 1.51. The smallest absolute Gasteiger partial charge is 0.130 e. The molecule has 7 nitrogen and oxygen atoms in total. The molecule has 170 valence electrons. The van der Waals surface area contributed by atoms with E-state index in [-0.39, 0.29) is 0 Å². The summed E-state index contributed by atoms with van der Waals surface area (Å²) in [6.45, 7) is 11.9. The van der Waals surface area contributed by atoms with Gasteiger partial charge in [0.25, 0.3) is 0 Å². The minimum Gasteiger partial charge on any atom is -0.386 e. The van der Waals surface area contributed by atoms with Crippen LogP contribution in [0.5, 0.6) is 0 Å². The number of nitrogens with one attached hydrogen (secondary N) is 2. The van der Waals surface area contributed by atoms with Gasteiger partial charge < -0.3 is 26.2 Å². The molecule has 3 heterocycles. The van der Waals surface area contributed by atoms with Crippen molar-refractivity contribution in [1.82, 2.24) is 20.2 Å². The monoisotopic (exact) mass is 441 g/mol. The van der Waals surface area contributed by atoms with Gasteiger partial charge >= 0.3 is 0 Å². The van der Waals surface area contributed by atoms with Gasteiger partial charge in [0, 0.05) is 53.9 Å². The van der Waals surface area contributed by atoms with E-state index in [9.17, 15) is 0 Å². The summed E-state index contributed by atoms with van der Waals surface area (Å²) in [4.78, 5) is 13.6. The quantitative estimate of drug-likeness (QED) is 0.490. The van der Waals surface area contributed by atoms with Crippen molar-refractivity contribution in [2.24, 2.45) is 5.73 Å². The zero-order valence-electron chi connectivity index (χ0n) is 19.5. The largest absolute Gasteiger partial charge is 0.386 e. The fraction of sp³-hybridized carbons (Fsp3) is 0.231. The number of hydrogen-bond donors (Lipinski definition) is 3. The van der Waals surface area contributed by atoms with Gasteiger partial charge in [-0.05, 0) is 56.2 Å². The molecule has 2 aromatic heterocycles. The lowest BCUT2D eigenvalue weighted by molar-refractivity contribution is 0.246. The van der Waals surface area contributed by atoms with Gasteiger partial charge in [-0.15, -0.1) is 0 Å². The lowest BCUT2D eigenvalue weighted by atomic mass is 10.1. The predicted molar refractivity (Wildman–Crippen MR) is 138 cm³/mol. The third-order valence-corrected chi connectivity index (χ3v) is 5.91. The van der Waals surface area contributed by atoms with Gasteiger partial charge in [0.05, 0.1) is 5.82 Å². The van der Waals surface area contributed by atoms with Gasteiger partial charge in [0.15, 0.2) is 0 Å². The first-order valence-electron chi connectivity index (χ1n) is 11.0. The molecule has 4 N–H and O–H groups in total. The lowest BCUT2D eigenvalue weighted by Gasteiger charge is -2.43. The molecule has 0 atom stereocenters. The van der Waals surface area contributed by atoms with Crippen LogP contribution in [0, 0.1) is 0 Å². The molecule has 1 aliphatic heterocycles. The van der Waals surface area contributed by atoms with E-state index in [0.717, 1.165) is 58.0 Å². The van der Waals surface area contributed by atoms with Crippen LogP contribution in [0.3, 0.4) is 0 Å². The molecular formula is C26H31N7. The Kier molecular flexibility index (Phi) is 6.33. The number of pyridine rings is 2. The van der Waals surface area contributed by atoms with Crippen molar-refractivity contribution < 1.29 is 0 Å². The Bertz CT molecular complexity index is 1220. The first-order chi connectivity index (χ1) is 15.8. The third kappa shape index (κ3) is 4.99. The molecule has 0 spiro atoms. The molecule has 4 rings (SSSR count). The minimum atomic E-state index is 0.406. The molecule has 3 aromatic rings. The van der Waals surface area contributed by atoms with Gasteiger partial charge in [-0.3, -0.25) is 0 Å². The Morgan fingerprint density at radius 2 is 1.88 bits per heavy atom. The number of hydrogen-bond acceptors (Lipinski definition) is 7. The highest BCUT2D eigenvalue weighted by molar-refractivity contribution is 5.88. The molecule has 7 heteroatoms. The molecule has 1 saturated heterocycles. The van der Waals surface area contributed by atoms with Crippen molar-refractivity contribution >= 4 is 33.8 Å². The number of likely N-dealkylation sites (N-methyl/N-ethyl adjacent to an activating group) is 1. The Morgan fingerprint density at radius 3 is 2.58 bits per heavy atom. The fourth-order valence-corrected chi connectivity index (χ4v) is 3.84. The second kappa shape index (κ2) is 9.34. The van der Waals surface area contributed by atoms with Crippen molar-refractivity contribution in [3.63, 3.8) is 0 Å². The highest BCUT2D eigenvalue weighted by Gasteiger charge is 2.29. The average molecular weight is 442 g/mol. The zero-order valence-corrected chi connectivity index (χ0v) is 19.5. The number of anilines is 2. The van der Waals surface area contributed by atoms with E-state index in [1.165, 1.54) is 0 Å². The van der Waals surface area contributed by atoms with Crippen LogP contribution in [0.4, 0.5) is 11.6 Å². The molecule has 0 radical (unpaired) electrons. The molecule has 1 fully saturated rings. The standard InChI is InChI=1S/C26H31N7/c1-6-24(31-18(3)27)20-7-8-21-14-29-25(12-22(21)11-20)30-17(2)19-9-10-28-26(13-19)33-15-23(16-33)32(4)5/h6-14,23,31H,2-3,15-16,27H2,1,4-5H3,(H,29,30)/b24-6-. The lowest BCUT2D eigenvalue weighted by Crippen LogP contribution is -2.57. The highest BCUT2D eigenvalue weighted by Crippen LogP contribution is 2.26. The Morgan fingerprint density at radius 1 is 1.09 bits per heavy atom. The van der Waals surface area contributed by atoms with E-state index in [4.69, 9.17) is 5.73 Å². The van der Waals surface area contributed by atoms with E-state index >= 15 is 0 Å². The molecule has 0 bridgehead atoms. The summed E-state index contributed by atoms with van der Waals surface area (Å²) >= 11 is 0. The van der Waals surface area contributed by atoms with Gasteiger partial charge in [0.2, 0.25) is 0 Å². The molecule has 0 saturated carbocycles. The second-order valence-corrected chi connectivity index (χ2v) is 8.51. The zero-order chi connectivity index (χ0) is 23.5. The number of rotatable bonds is 8. The molecule has 0 aliphatic carbocycles. The van der Waals surface area contributed by atoms with Gasteiger partial charge in [-0.2, -0.15) is 0 Å². The summed E-state index contributed by atoms with van der Waals surface area (Å²) < 4.78 is 0. The minimum absolute atomic E-state index is 0.406. The van der Waals surface area contributed by atoms with Crippen molar-refractivity contribution in [3.05, 3.63) is 85.0 Å². The molecular weight excluding hydrogens is 410 g/mol. The molecule has 0 unspecified atom stereocenters. The maximum Gasteiger partial charge on any atom is 0.130 e. The maximum atomic E-state index is 5.73. The van der Waals surface area contributed by atoms with Crippen molar-refractivity contribution in [1.29, 1.82) is 0 Å². The number of nitrogens with two attached hydrogens (primary N) is 1. The van der Waals surface area contributed by atoms with Crippen LogP contribution in [-0.4, -0.2) is 48.1 Å². The number of allylic oxidation sites excluding steroid dienone is 1. The molecule has 1 aliphatic rings. The summed E-state index contributed by atoms with van der Waals surface area (Å²) in [5.74, 6) is 2.11. The first-order valence-corrected chi connectivity index (χ1v) is 11.0. The van der Waals surface area contributed by atoms with E-state index in [2.05, 4.69) is 69.8 Å². The van der Waals surface area contributed by atoms with Crippen LogP contribution in [-0.2, 0) is 0 Å². The maximum absolute atomic E-state index is 5.73. The number of fused-ring (bicyclic) bond motifs is 1. The number of aromatic nitrogens is 2. The van der Waals surface area contributed by atoms with Crippen molar-refractivity contribution in [2.45, 2.75) is 13.0 Å². The predicted octanol–water partition coefficient (Wildman–Crippen LogP) is 3.84. The summed E-state index contributed by atoms with van der Waals surface area (Å²) in [5, 5.41) is 8.56. The molecule has 33 heavy (non-hydrogen) atoms. The summed E-state index contributed by atoms with van der Waals surface area (Å²) in [6.07, 6.45) is 5.66. The van der Waals surface area contributed by atoms with E-state index < -0.39 is 0 Å². The number of benzene rings is 1. The average Bonchev–Trinajstić information content (AvgIpc) is 2.75. The van der Waals surface area contributed by atoms with E-state index in [0.29, 0.717) is 11.9 Å². The summed E-state index contributed by atoms with van der Waals surface area (Å²) in [6, 6.07) is 12.8. The Labute approximate surface area is 195 Å². The van der Waals surface area contributed by atoms with E-state index in [1.54, 1.807) is 0 Å². The first kappa shape index (κ1) is 22.4. The third-order valence-electron chi connectivity index (χ3n) is 5.91. The normalized spacial score (nSPS) is 14.3. The van der Waals surface area contributed by atoms with Crippen molar-refractivity contribution in [3.8, 4) is 0 Å². The molecule has 1 aromatic carbocycles. The fourth-order valence-electron chi connectivity index (χ4n) is 3.84. The van der Waals surface area contributed by atoms with Gasteiger partial charge in [-0.1, -0.05) is 31.4 Å². The van der Waals surface area contributed by atoms with Crippen LogP contribution in [0.2, 0.25) is 0 Å². The van der Waals surface area contributed by atoms with Crippen LogP contribution in [0.15, 0.2) is 73.8 Å². The number of nitrogens with zero attached hydrogens (tertiary/aromatic N) is 4. The Hall–Kier alpha value is -3.84. The SMILES string of the molecule is C=C(N)N/C(=C\C)c1ccc2cnc(NC(=C)c3ccnc(N4CC(N(C)C)C4)c3)cc2c1. The van der Waals surface area contributed by atoms with Gasteiger partial charge in [0.1, 0.15) is 11.6 Å². The summed E-state index contributed by atoms with van der Waals surface area (Å²) in [7, 11) is 4.23. The van der Waals surface area contributed by atoms with Crippen LogP contribution in [0.1, 0.15) is 18.1 Å². The summed E-state index contributed by atoms with van der Waals surface area (Å²) in [5.41, 5.74) is 9.43. The van der Waals surface area contributed by atoms with Gasteiger partial charge in [-0.25, -0.2) is 9.97 Å². The van der Waals surface area contributed by atoms with Crippen LogP contribution >= 0.6 is 0 Å². The van der Waals surface area contributed by atoms with Crippen LogP contribution in [0.25, 0.3) is 22.2 Å².